The van der Waals surface area contributed by atoms with Crippen molar-refractivity contribution in [1.29, 1.82) is 0 Å². The van der Waals surface area contributed by atoms with Crippen LogP contribution in [0.5, 0.6) is 0 Å². The summed E-state index contributed by atoms with van der Waals surface area (Å²) in [6, 6.07) is 6.51. The zero-order valence-corrected chi connectivity index (χ0v) is 9.14. The summed E-state index contributed by atoms with van der Waals surface area (Å²) in [6.07, 6.45) is 0. The fourth-order valence-corrected chi connectivity index (χ4v) is 1.80. The molecule has 1 aromatic carbocycles. The molecule has 0 saturated carbocycles. The smallest absolute Gasteiger partial charge is 0.212 e. The summed E-state index contributed by atoms with van der Waals surface area (Å²) in [5.41, 5.74) is 4.72. The van der Waals surface area contributed by atoms with Crippen molar-refractivity contribution in [2.45, 2.75) is 27.7 Å². The van der Waals surface area contributed by atoms with E-state index >= 15 is 0 Å². The minimum Gasteiger partial charge on any atom is -0.212 e. The highest BCUT2D eigenvalue weighted by atomic mass is 16.3. The average Bonchev–Trinajstić information content (AvgIpc) is 2.08. The highest BCUT2D eigenvalue weighted by molar-refractivity contribution is 5.81. The van der Waals surface area contributed by atoms with E-state index in [0.717, 1.165) is 11.3 Å². The molecule has 0 fully saturated rings. The van der Waals surface area contributed by atoms with Crippen molar-refractivity contribution in [3.05, 3.63) is 40.6 Å². The Morgan fingerprint density at radius 2 is 1.57 bits per heavy atom. The summed E-state index contributed by atoms with van der Waals surface area (Å²) >= 11 is 0. The fraction of sp³-hybridized carbons (Fsp3) is 0.308. The van der Waals surface area contributed by atoms with Crippen molar-refractivity contribution >= 4 is 11.0 Å². The van der Waals surface area contributed by atoms with E-state index < -0.39 is 0 Å². The Labute approximate surface area is 84.4 Å². The molecule has 14 heavy (non-hydrogen) atoms. The van der Waals surface area contributed by atoms with Crippen LogP contribution in [0.2, 0.25) is 0 Å². The number of aryl methyl sites for hydroxylation is 4. The molecule has 0 radical (unpaired) electrons. The lowest BCUT2D eigenvalue weighted by molar-refractivity contribution is 0.558. The predicted molar refractivity (Wildman–Crippen MR) is 59.6 cm³/mol. The molecular formula is C13H15O+. The maximum Gasteiger partial charge on any atom is 0.363 e. The van der Waals surface area contributed by atoms with Crippen LogP contribution in [0.4, 0.5) is 0 Å². The second-order valence-electron chi connectivity index (χ2n) is 3.99. The van der Waals surface area contributed by atoms with E-state index in [0.29, 0.717) is 0 Å². The van der Waals surface area contributed by atoms with E-state index in [-0.39, 0.29) is 0 Å². The summed E-state index contributed by atoms with van der Waals surface area (Å²) in [5.74, 6) is 1.00. The number of benzene rings is 1. The molecule has 0 aliphatic heterocycles. The molecule has 0 unspecified atom stereocenters. The average molecular weight is 187 g/mol. The van der Waals surface area contributed by atoms with Gasteiger partial charge >= 0.3 is 11.3 Å². The molecule has 0 bridgehead atoms. The van der Waals surface area contributed by atoms with Gasteiger partial charge in [-0.3, -0.25) is 0 Å². The highest BCUT2D eigenvalue weighted by Gasteiger charge is 2.14. The van der Waals surface area contributed by atoms with E-state index in [2.05, 4.69) is 39.0 Å². The van der Waals surface area contributed by atoms with Gasteiger partial charge in [-0.15, -0.1) is 0 Å². The Morgan fingerprint density at radius 1 is 0.857 bits per heavy atom. The minimum absolute atomic E-state index is 1.00. The number of fused-ring (bicyclic) bond motifs is 1. The van der Waals surface area contributed by atoms with Gasteiger partial charge in [-0.05, 0) is 44.5 Å². The molecule has 1 heteroatoms. The second kappa shape index (κ2) is 3.09. The van der Waals surface area contributed by atoms with Gasteiger partial charge in [0.1, 0.15) is 0 Å². The topological polar surface area (TPSA) is 11.3 Å². The van der Waals surface area contributed by atoms with Gasteiger partial charge in [-0.1, -0.05) is 0 Å². The van der Waals surface area contributed by atoms with E-state index in [1.807, 2.05) is 6.92 Å². The molecule has 0 saturated heterocycles. The third-order valence-corrected chi connectivity index (χ3v) is 2.63. The molecule has 1 nitrogen and oxygen atoms in total. The largest absolute Gasteiger partial charge is 0.363 e. The van der Waals surface area contributed by atoms with Crippen molar-refractivity contribution in [3.63, 3.8) is 0 Å². The first-order valence-electron chi connectivity index (χ1n) is 4.89. The van der Waals surface area contributed by atoms with Gasteiger partial charge in [0, 0.05) is 5.56 Å². The van der Waals surface area contributed by atoms with Gasteiger partial charge in [-0.2, -0.15) is 0 Å². The van der Waals surface area contributed by atoms with Crippen molar-refractivity contribution < 1.29 is 4.42 Å². The van der Waals surface area contributed by atoms with Gasteiger partial charge in [0.2, 0.25) is 0 Å². The molecule has 0 aliphatic rings. The zero-order valence-electron chi connectivity index (χ0n) is 9.14. The monoisotopic (exact) mass is 187 g/mol. The summed E-state index contributed by atoms with van der Waals surface area (Å²) in [4.78, 5) is 0. The van der Waals surface area contributed by atoms with E-state index in [1.165, 1.54) is 22.1 Å². The number of hydrogen-bond donors (Lipinski definition) is 0. The molecule has 0 spiro atoms. The first-order chi connectivity index (χ1) is 6.58. The van der Waals surface area contributed by atoms with Crippen molar-refractivity contribution in [2.75, 3.05) is 0 Å². The Balaban J connectivity index is 2.89. The van der Waals surface area contributed by atoms with Crippen LogP contribution in [-0.4, -0.2) is 0 Å². The molecule has 0 atom stereocenters. The summed E-state index contributed by atoms with van der Waals surface area (Å²) < 4.78 is 5.78. The molecule has 0 amide bonds. The van der Waals surface area contributed by atoms with Gasteiger partial charge in [0.05, 0.1) is 17.9 Å². The first-order valence-corrected chi connectivity index (χ1v) is 4.89. The van der Waals surface area contributed by atoms with Crippen LogP contribution in [-0.2, 0) is 0 Å². The number of hydrogen-bond acceptors (Lipinski definition) is 0. The Kier molecular flexibility index (Phi) is 2.03. The molecule has 1 heterocycles. The molecule has 1 aromatic heterocycles. The molecular weight excluding hydrogens is 172 g/mol. The third-order valence-electron chi connectivity index (χ3n) is 2.63. The van der Waals surface area contributed by atoms with Crippen LogP contribution in [0, 0.1) is 27.7 Å². The zero-order chi connectivity index (χ0) is 10.3. The Hall–Kier alpha value is -1.37. The summed E-state index contributed by atoms with van der Waals surface area (Å²) in [6.45, 7) is 8.29. The summed E-state index contributed by atoms with van der Waals surface area (Å²) in [5, 5.41) is 1.20. The lowest BCUT2D eigenvalue weighted by Gasteiger charge is -1.97. The maximum absolute atomic E-state index is 5.78. The first kappa shape index (κ1) is 9.20. The van der Waals surface area contributed by atoms with Crippen molar-refractivity contribution in [3.8, 4) is 0 Å². The summed E-state index contributed by atoms with van der Waals surface area (Å²) in [7, 11) is 0. The number of rotatable bonds is 0. The lowest BCUT2D eigenvalue weighted by Crippen LogP contribution is -1.86. The van der Waals surface area contributed by atoms with Crippen LogP contribution in [0.25, 0.3) is 11.0 Å². The normalized spacial score (nSPS) is 10.9. The molecule has 0 aliphatic carbocycles. The van der Waals surface area contributed by atoms with Crippen LogP contribution in [0.3, 0.4) is 0 Å². The molecule has 2 rings (SSSR count). The van der Waals surface area contributed by atoms with Gasteiger partial charge < -0.3 is 0 Å². The minimum atomic E-state index is 1.00. The van der Waals surface area contributed by atoms with Crippen molar-refractivity contribution in [2.24, 2.45) is 0 Å². The lowest BCUT2D eigenvalue weighted by atomic mass is 10.1. The van der Waals surface area contributed by atoms with E-state index in [1.54, 1.807) is 0 Å². The Morgan fingerprint density at radius 3 is 2.29 bits per heavy atom. The maximum atomic E-state index is 5.78. The second-order valence-corrected chi connectivity index (χ2v) is 3.99. The van der Waals surface area contributed by atoms with Crippen molar-refractivity contribution in [1.82, 2.24) is 0 Å². The standard InChI is InChI=1S/C13H15O/c1-8-5-10(3)13-12(6-8)7-9(2)11(4)14-13/h5-7H,1-4H3/q+1. The predicted octanol–water partition coefficient (Wildman–Crippen LogP) is 3.95. The van der Waals surface area contributed by atoms with Crippen LogP contribution in [0.15, 0.2) is 22.6 Å². The van der Waals surface area contributed by atoms with Crippen LogP contribution >= 0.6 is 0 Å². The Bertz CT molecular complexity index is 498. The SMILES string of the molecule is Cc1cc(C)c2[o+]c(C)c(C)cc2c1. The van der Waals surface area contributed by atoms with Gasteiger partial charge in [0.25, 0.3) is 0 Å². The van der Waals surface area contributed by atoms with Crippen LogP contribution in [0.1, 0.15) is 22.5 Å². The third kappa shape index (κ3) is 1.39. The fourth-order valence-electron chi connectivity index (χ4n) is 1.80. The van der Waals surface area contributed by atoms with E-state index in [9.17, 15) is 0 Å². The van der Waals surface area contributed by atoms with Gasteiger partial charge in [-0.25, -0.2) is 4.42 Å². The quantitative estimate of drug-likeness (QED) is 0.568. The van der Waals surface area contributed by atoms with E-state index in [4.69, 9.17) is 4.42 Å². The van der Waals surface area contributed by atoms with Gasteiger partial charge in [0.15, 0.2) is 0 Å². The highest BCUT2D eigenvalue weighted by Crippen LogP contribution is 2.23. The molecule has 2 aromatic rings. The molecule has 72 valence electrons. The van der Waals surface area contributed by atoms with Crippen LogP contribution < -0.4 is 0 Å². The molecule has 0 N–H and O–H groups in total.